The van der Waals surface area contributed by atoms with Gasteiger partial charge >= 0.3 is 0 Å². The van der Waals surface area contributed by atoms with Gasteiger partial charge in [-0.05, 0) is 35.9 Å². The molecule has 2 aromatic carbocycles. The fourth-order valence-corrected chi connectivity index (χ4v) is 3.60. The summed E-state index contributed by atoms with van der Waals surface area (Å²) in [6, 6.07) is 12.7. The molecule has 0 saturated carbocycles. The second-order valence-electron chi connectivity index (χ2n) is 4.86. The smallest absolute Gasteiger partial charge is 0.277 e. The van der Waals surface area contributed by atoms with Crippen molar-refractivity contribution in [3.63, 3.8) is 0 Å². The summed E-state index contributed by atoms with van der Waals surface area (Å²) in [4.78, 5) is 0.449. The summed E-state index contributed by atoms with van der Waals surface area (Å²) in [6.07, 6.45) is -0.422. The Hall–Kier alpha value is -1.07. The van der Waals surface area contributed by atoms with E-state index in [0.717, 1.165) is 5.41 Å². The summed E-state index contributed by atoms with van der Waals surface area (Å²) in [5, 5.41) is 1.56. The van der Waals surface area contributed by atoms with Gasteiger partial charge in [0.2, 0.25) is 0 Å². The molecule has 1 unspecified atom stereocenters. The highest BCUT2D eigenvalue weighted by atomic mass is 35.5. The summed E-state index contributed by atoms with van der Waals surface area (Å²) in [6.45, 7) is 1.37. The maximum absolute atomic E-state index is 14.4. The Morgan fingerprint density at radius 2 is 1.70 bits per heavy atom. The topological polar surface area (TPSA) is 23.1 Å². The quantitative estimate of drug-likeness (QED) is 0.572. The van der Waals surface area contributed by atoms with Crippen molar-refractivity contribution in [3.8, 4) is 0 Å². The minimum absolute atomic E-state index is 0.165. The van der Waals surface area contributed by atoms with Crippen molar-refractivity contribution in [2.75, 3.05) is 0 Å². The minimum atomic E-state index is -3.14. The molecule has 0 bridgehead atoms. The van der Waals surface area contributed by atoms with Crippen molar-refractivity contribution in [2.45, 2.75) is 24.2 Å². The van der Waals surface area contributed by atoms with Crippen molar-refractivity contribution in [1.82, 2.24) is 0 Å². The molecule has 0 radical (unpaired) electrons. The molecule has 1 atom stereocenters. The number of alkyl halides is 2. The van der Waals surface area contributed by atoms with Gasteiger partial charge < -0.3 is 4.55 Å². The molecule has 0 spiro atoms. The van der Waals surface area contributed by atoms with Crippen molar-refractivity contribution in [3.05, 3.63) is 69.5 Å². The molecule has 0 aliphatic heterocycles. The molecular formula is C17H14Cl2F2OS. The summed E-state index contributed by atoms with van der Waals surface area (Å²) in [7, 11) is 0. The lowest BCUT2D eigenvalue weighted by atomic mass is 10.00. The van der Waals surface area contributed by atoms with Gasteiger partial charge in [-0.1, -0.05) is 48.3 Å². The Balaban J connectivity index is 2.52. The van der Waals surface area contributed by atoms with Crippen LogP contribution < -0.4 is 0 Å². The van der Waals surface area contributed by atoms with Gasteiger partial charge in [0.05, 0.1) is 5.57 Å². The van der Waals surface area contributed by atoms with Crippen molar-refractivity contribution < 1.29 is 13.3 Å². The van der Waals surface area contributed by atoms with E-state index in [1.165, 1.54) is 25.1 Å². The zero-order valence-electron chi connectivity index (χ0n) is 12.2. The molecule has 0 heterocycles. The number of halogens is 4. The molecule has 0 fully saturated rings. The van der Waals surface area contributed by atoms with E-state index < -0.39 is 23.5 Å². The second-order valence-corrected chi connectivity index (χ2v) is 7.03. The lowest BCUT2D eigenvalue weighted by Gasteiger charge is -2.19. The van der Waals surface area contributed by atoms with Gasteiger partial charge in [-0.3, -0.25) is 0 Å². The fraction of sp³-hybridized carbons (Fsp3) is 0.176. The summed E-state index contributed by atoms with van der Waals surface area (Å²) in [5.41, 5.74) is -0.176. The van der Waals surface area contributed by atoms with Gasteiger partial charge in [0.15, 0.2) is 4.90 Å². The molecule has 6 heteroatoms. The summed E-state index contributed by atoms with van der Waals surface area (Å²) in [5.74, 6) is -3.14. The zero-order valence-corrected chi connectivity index (χ0v) is 14.6. The predicted octanol–water partition coefficient (Wildman–Crippen LogP) is 6.19. The van der Waals surface area contributed by atoms with E-state index in [1.807, 2.05) is 0 Å². The molecule has 23 heavy (non-hydrogen) atoms. The van der Waals surface area contributed by atoms with E-state index in [-0.39, 0.29) is 21.2 Å². The van der Waals surface area contributed by atoms with E-state index in [0.29, 0.717) is 4.90 Å². The summed E-state index contributed by atoms with van der Waals surface area (Å²) >= 11 is 10.1. The third-order valence-corrected chi connectivity index (χ3v) is 4.84. The van der Waals surface area contributed by atoms with Crippen LogP contribution in [0.4, 0.5) is 8.78 Å². The zero-order chi connectivity index (χ0) is 17.0. The van der Waals surface area contributed by atoms with Gasteiger partial charge in [-0.25, -0.2) is 8.78 Å². The Morgan fingerprint density at radius 3 is 2.22 bits per heavy atom. The highest BCUT2D eigenvalue weighted by Gasteiger charge is 2.35. The van der Waals surface area contributed by atoms with E-state index in [9.17, 15) is 13.3 Å². The van der Waals surface area contributed by atoms with Gasteiger partial charge in [0.25, 0.3) is 5.92 Å². The van der Waals surface area contributed by atoms with Crippen LogP contribution in [-0.2, 0) is 11.2 Å². The average Bonchev–Trinajstić information content (AvgIpc) is 2.52. The van der Waals surface area contributed by atoms with Crippen molar-refractivity contribution in [2.24, 2.45) is 0 Å². The van der Waals surface area contributed by atoms with Crippen molar-refractivity contribution in [1.29, 1.82) is 0 Å². The van der Waals surface area contributed by atoms with Gasteiger partial charge in [0.1, 0.15) is 5.41 Å². The van der Waals surface area contributed by atoms with Gasteiger partial charge in [0, 0.05) is 27.6 Å². The molecule has 0 aliphatic carbocycles. The highest BCUT2D eigenvalue weighted by Crippen LogP contribution is 2.38. The van der Waals surface area contributed by atoms with Crippen LogP contribution in [-0.4, -0.2) is 10.5 Å². The second kappa shape index (κ2) is 7.67. The first kappa shape index (κ1) is 18.3. The van der Waals surface area contributed by atoms with Crippen molar-refractivity contribution >= 4 is 40.0 Å². The number of allylic oxidation sites excluding steroid dienone is 1. The van der Waals surface area contributed by atoms with Crippen LogP contribution in [0.15, 0.2) is 58.8 Å². The normalized spacial score (nSPS) is 13.9. The Labute approximate surface area is 147 Å². The minimum Gasteiger partial charge on any atom is -0.607 e. The Morgan fingerprint density at radius 1 is 1.13 bits per heavy atom. The molecule has 2 rings (SSSR count). The van der Waals surface area contributed by atoms with Crippen LogP contribution >= 0.6 is 23.2 Å². The van der Waals surface area contributed by atoms with E-state index in [2.05, 4.69) is 0 Å². The lowest BCUT2D eigenvalue weighted by Crippen LogP contribution is -2.18. The van der Waals surface area contributed by atoms with E-state index in [1.54, 1.807) is 30.3 Å². The Bertz CT molecular complexity index is 685. The van der Waals surface area contributed by atoms with Crippen LogP contribution in [0.5, 0.6) is 0 Å². The standard InChI is InChI=1S/C17H14Cl2F2OS/c1-2-17(20,21)16(12-8-13(18)10-14(19)9-12)11-23(22)15-6-4-3-5-7-15/h3-11H,2H2,1H3/b16-11+. The number of rotatable bonds is 5. The SMILES string of the molecule is CCC(F)(F)/C(=C/[S+]([O-])c1ccccc1)c1cc(Cl)cc(Cl)c1. The monoisotopic (exact) mass is 374 g/mol. The first-order valence-electron chi connectivity index (χ1n) is 6.85. The van der Waals surface area contributed by atoms with Crippen LogP contribution in [0.25, 0.3) is 5.57 Å². The molecule has 0 saturated heterocycles. The van der Waals surface area contributed by atoms with Gasteiger partial charge in [-0.15, -0.1) is 0 Å². The maximum Gasteiger partial charge on any atom is 0.277 e. The third-order valence-electron chi connectivity index (χ3n) is 3.21. The molecule has 0 aromatic heterocycles. The third kappa shape index (κ3) is 4.70. The first-order chi connectivity index (χ1) is 10.8. The maximum atomic E-state index is 14.4. The van der Waals surface area contributed by atoms with Crippen LogP contribution in [0.3, 0.4) is 0 Å². The van der Waals surface area contributed by atoms with Crippen LogP contribution in [0.2, 0.25) is 10.0 Å². The fourth-order valence-electron chi connectivity index (χ4n) is 1.99. The predicted molar refractivity (Wildman–Crippen MR) is 92.5 cm³/mol. The molecule has 0 amide bonds. The molecule has 122 valence electrons. The highest BCUT2D eigenvalue weighted by molar-refractivity contribution is 7.94. The van der Waals surface area contributed by atoms with E-state index in [4.69, 9.17) is 23.2 Å². The average molecular weight is 375 g/mol. The summed E-state index contributed by atoms with van der Waals surface area (Å²) < 4.78 is 41.1. The number of benzene rings is 2. The molecule has 1 nitrogen and oxygen atoms in total. The lowest BCUT2D eigenvalue weighted by molar-refractivity contribution is 0.0629. The van der Waals surface area contributed by atoms with E-state index >= 15 is 0 Å². The largest absolute Gasteiger partial charge is 0.607 e. The first-order valence-corrected chi connectivity index (χ1v) is 8.82. The molecular weight excluding hydrogens is 361 g/mol. The van der Waals surface area contributed by atoms with Crippen LogP contribution in [0, 0.1) is 0 Å². The molecule has 2 aromatic rings. The van der Waals surface area contributed by atoms with Crippen LogP contribution in [0.1, 0.15) is 18.9 Å². The Kier molecular flexibility index (Phi) is 6.09. The molecule has 0 aliphatic rings. The van der Waals surface area contributed by atoms with Gasteiger partial charge in [-0.2, -0.15) is 0 Å². The molecule has 0 N–H and O–H groups in total. The number of hydrogen-bond acceptors (Lipinski definition) is 1. The number of hydrogen-bond donors (Lipinski definition) is 0.